The molecular weight excluding hydrogens is 653 g/mol. The number of anilines is 2. The highest BCUT2D eigenvalue weighted by Crippen LogP contribution is 2.34. The van der Waals surface area contributed by atoms with E-state index in [1.165, 1.54) is 4.90 Å². The van der Waals surface area contributed by atoms with Gasteiger partial charge < -0.3 is 9.64 Å². The Morgan fingerprint density at radius 1 is 0.796 bits per heavy atom. The van der Waals surface area contributed by atoms with Gasteiger partial charge in [-0.05, 0) is 94.5 Å². The molecule has 0 atom stereocenters. The van der Waals surface area contributed by atoms with Crippen LogP contribution in [0.5, 0.6) is 5.75 Å². The third kappa shape index (κ3) is 12.8. The molecule has 49 heavy (non-hydrogen) atoms. The molecule has 0 N–H and O–H groups in total. The van der Waals surface area contributed by atoms with Crippen molar-refractivity contribution in [3.8, 4) is 5.75 Å². The zero-order chi connectivity index (χ0) is 34.7. The number of benzene rings is 2. The first-order valence-electron chi connectivity index (χ1n) is 18.1. The number of unbranched alkanes of at least 4 members (excludes halogenated alkanes) is 3. The Balaban J connectivity index is 1.12. The van der Waals surface area contributed by atoms with Crippen molar-refractivity contribution in [2.75, 3.05) is 49.1 Å². The van der Waals surface area contributed by atoms with Gasteiger partial charge in [0.1, 0.15) is 5.75 Å². The van der Waals surface area contributed by atoms with E-state index in [9.17, 15) is 9.59 Å². The number of fused-ring (bicyclic) bond motifs is 1. The van der Waals surface area contributed by atoms with E-state index >= 15 is 0 Å². The average Bonchev–Trinajstić information content (AvgIpc) is 3.11. The maximum Gasteiger partial charge on any atom is 0.234 e. The van der Waals surface area contributed by atoms with Crippen LogP contribution in [0.15, 0.2) is 85.0 Å². The van der Waals surface area contributed by atoms with Gasteiger partial charge in [-0.15, -0.1) is 0 Å². The lowest BCUT2D eigenvalue weighted by Crippen LogP contribution is -2.46. The number of hydrogen-bond donors (Lipinski definition) is 0. The number of carbonyl (C=O) groups excluding carboxylic acids is 2. The maximum atomic E-state index is 13.2. The number of rotatable bonds is 19. The Hall–Kier alpha value is -3.32. The number of piperazine rings is 1. The first kappa shape index (κ1) is 38.5. The number of carbonyl (C=O) groups is 2. The maximum absolute atomic E-state index is 13.2. The molecule has 2 aromatic carbocycles. The normalized spacial score (nSPS) is 15.8. The molecule has 0 aliphatic carbocycles. The van der Waals surface area contributed by atoms with Gasteiger partial charge >= 0.3 is 0 Å². The predicted molar refractivity (Wildman–Crippen MR) is 206 cm³/mol. The van der Waals surface area contributed by atoms with Crippen molar-refractivity contribution in [3.63, 3.8) is 0 Å². The second-order valence-electron chi connectivity index (χ2n) is 12.6. The Bertz CT molecular complexity index is 1460. The van der Waals surface area contributed by atoms with Crippen molar-refractivity contribution in [1.29, 1.82) is 0 Å². The summed E-state index contributed by atoms with van der Waals surface area (Å²) in [6.07, 6.45) is 27.5. The summed E-state index contributed by atoms with van der Waals surface area (Å²) in [5, 5.41) is 1.22. The van der Waals surface area contributed by atoms with Gasteiger partial charge in [0.25, 0.3) is 0 Å². The fourth-order valence-corrected chi connectivity index (χ4v) is 6.55. The first-order chi connectivity index (χ1) is 24.0. The fourth-order valence-electron chi connectivity index (χ4n) is 6.14. The summed E-state index contributed by atoms with van der Waals surface area (Å²) in [4.78, 5) is 32.3. The number of imide groups is 1. The summed E-state index contributed by atoms with van der Waals surface area (Å²) >= 11 is 12.6. The summed E-state index contributed by atoms with van der Waals surface area (Å²) in [5.74, 6) is 0.468. The van der Waals surface area contributed by atoms with Crippen molar-refractivity contribution in [1.82, 2.24) is 4.90 Å². The van der Waals surface area contributed by atoms with Crippen LogP contribution in [-0.4, -0.2) is 56.0 Å². The van der Waals surface area contributed by atoms with E-state index in [0.29, 0.717) is 47.4 Å². The molecule has 2 amide bonds. The molecular formula is C41H53Cl2N3O3. The minimum absolute atomic E-state index is 0.119. The smallest absolute Gasteiger partial charge is 0.234 e. The number of hydrogen-bond acceptors (Lipinski definition) is 5. The van der Waals surface area contributed by atoms with Crippen molar-refractivity contribution >= 4 is 46.4 Å². The molecule has 8 heteroatoms. The Morgan fingerprint density at radius 2 is 1.51 bits per heavy atom. The first-order valence-corrected chi connectivity index (χ1v) is 18.9. The van der Waals surface area contributed by atoms with Crippen LogP contribution in [0.3, 0.4) is 0 Å². The van der Waals surface area contributed by atoms with Gasteiger partial charge in [-0.25, -0.2) is 0 Å². The number of ether oxygens (including phenoxy) is 1. The zero-order valence-corrected chi connectivity index (χ0v) is 30.6. The Kier molecular flexibility index (Phi) is 17.0. The summed E-state index contributed by atoms with van der Waals surface area (Å²) < 4.78 is 6.09. The molecule has 1 fully saturated rings. The van der Waals surface area contributed by atoms with Crippen molar-refractivity contribution in [3.05, 3.63) is 101 Å². The van der Waals surface area contributed by atoms with E-state index in [-0.39, 0.29) is 11.8 Å². The third-order valence-electron chi connectivity index (χ3n) is 8.92. The quantitative estimate of drug-likeness (QED) is 0.108. The lowest BCUT2D eigenvalue weighted by Gasteiger charge is -2.36. The third-order valence-corrected chi connectivity index (χ3v) is 9.73. The number of halogens is 2. The van der Waals surface area contributed by atoms with E-state index in [4.69, 9.17) is 27.9 Å². The van der Waals surface area contributed by atoms with Gasteiger partial charge in [0.05, 0.1) is 28.0 Å². The highest BCUT2D eigenvalue weighted by atomic mass is 35.5. The molecule has 0 spiro atoms. The highest BCUT2D eigenvalue weighted by Gasteiger charge is 2.29. The van der Waals surface area contributed by atoms with E-state index < -0.39 is 0 Å². The summed E-state index contributed by atoms with van der Waals surface area (Å²) in [5.41, 5.74) is 2.72. The van der Waals surface area contributed by atoms with Gasteiger partial charge in [0, 0.05) is 45.1 Å². The van der Waals surface area contributed by atoms with Crippen LogP contribution in [0.4, 0.5) is 11.4 Å². The van der Waals surface area contributed by atoms with Crippen molar-refractivity contribution in [2.45, 2.75) is 84.0 Å². The second-order valence-corrected chi connectivity index (χ2v) is 13.4. The van der Waals surface area contributed by atoms with Gasteiger partial charge in [0.15, 0.2) is 0 Å². The van der Waals surface area contributed by atoms with Crippen LogP contribution in [0.2, 0.25) is 10.0 Å². The van der Waals surface area contributed by atoms with Crippen LogP contribution in [-0.2, 0) is 16.0 Å². The Labute approximate surface area is 304 Å². The standard InChI is InChI=1S/C41H53Cl2N3O3/c1-2-3-4-5-6-7-8-9-10-11-12-13-14-15-16-22-39(47)46-38-33-35(25-23-34(38)24-26-40(46)48)49-32-18-17-27-44-28-30-45(31-29-44)37-21-19-20-36(42)41(37)43/h3-4,6-7,9-10,12-13,19-21,23,25,33H,2,5,8,11,14-18,22,24,26-32H2,1H3/b4-3-,7-6-,10-9-,13-12-. The highest BCUT2D eigenvalue weighted by molar-refractivity contribution is 6.43. The average molecular weight is 707 g/mol. The van der Waals surface area contributed by atoms with E-state index in [0.717, 1.165) is 102 Å². The lowest BCUT2D eigenvalue weighted by atomic mass is 10.00. The van der Waals surface area contributed by atoms with Gasteiger partial charge in [-0.3, -0.25) is 19.4 Å². The van der Waals surface area contributed by atoms with Gasteiger partial charge in [-0.1, -0.05) is 90.9 Å². The van der Waals surface area contributed by atoms with Crippen LogP contribution >= 0.6 is 23.2 Å². The SMILES string of the molecule is CC/C=C\C/C=C\C/C=C\C/C=C\CCCCC(=O)N1C(=O)CCc2ccc(OCCCCN3CCN(c4cccc(Cl)c4Cl)CC3)cc21. The van der Waals surface area contributed by atoms with E-state index in [2.05, 4.69) is 65.3 Å². The molecule has 0 saturated carbocycles. The van der Waals surface area contributed by atoms with Crippen LogP contribution in [0.25, 0.3) is 0 Å². The van der Waals surface area contributed by atoms with E-state index in [1.807, 2.05) is 36.4 Å². The number of nitrogens with zero attached hydrogens (tertiary/aromatic N) is 3. The number of amides is 2. The minimum atomic E-state index is -0.119. The molecule has 264 valence electrons. The monoisotopic (exact) mass is 705 g/mol. The molecule has 1 saturated heterocycles. The largest absolute Gasteiger partial charge is 0.494 e. The Morgan fingerprint density at radius 3 is 2.24 bits per heavy atom. The summed E-state index contributed by atoms with van der Waals surface area (Å²) in [6, 6.07) is 11.6. The molecule has 0 radical (unpaired) electrons. The van der Waals surface area contributed by atoms with Crippen molar-refractivity contribution in [2.24, 2.45) is 0 Å². The molecule has 2 aliphatic rings. The summed E-state index contributed by atoms with van der Waals surface area (Å²) in [6.45, 7) is 7.57. The molecule has 0 unspecified atom stereocenters. The molecule has 0 bridgehead atoms. The summed E-state index contributed by atoms with van der Waals surface area (Å²) in [7, 11) is 0. The molecule has 0 aromatic heterocycles. The van der Waals surface area contributed by atoms with E-state index in [1.54, 1.807) is 0 Å². The molecule has 6 nitrogen and oxygen atoms in total. The molecule has 2 aromatic rings. The second kappa shape index (κ2) is 21.7. The van der Waals surface area contributed by atoms with Crippen LogP contribution in [0.1, 0.15) is 83.1 Å². The zero-order valence-electron chi connectivity index (χ0n) is 29.1. The van der Waals surface area contributed by atoms with Crippen LogP contribution < -0.4 is 14.5 Å². The number of allylic oxidation sites excluding steroid dienone is 8. The topological polar surface area (TPSA) is 53.1 Å². The minimum Gasteiger partial charge on any atom is -0.494 e. The predicted octanol–water partition coefficient (Wildman–Crippen LogP) is 10.1. The lowest BCUT2D eigenvalue weighted by molar-refractivity contribution is -0.126. The van der Waals surface area contributed by atoms with Crippen molar-refractivity contribution < 1.29 is 14.3 Å². The fraction of sp³-hybridized carbons (Fsp3) is 0.463. The van der Waals surface area contributed by atoms with Crippen LogP contribution in [0, 0.1) is 0 Å². The molecule has 2 heterocycles. The molecule has 4 rings (SSSR count). The number of aryl methyl sites for hydroxylation is 1. The van der Waals surface area contributed by atoms with Gasteiger partial charge in [-0.2, -0.15) is 0 Å². The molecule has 2 aliphatic heterocycles. The van der Waals surface area contributed by atoms with Gasteiger partial charge in [0.2, 0.25) is 11.8 Å².